The van der Waals surface area contributed by atoms with Gasteiger partial charge in [0.05, 0.1) is 7.11 Å². The van der Waals surface area contributed by atoms with Crippen LogP contribution < -0.4 is 10.5 Å². The summed E-state index contributed by atoms with van der Waals surface area (Å²) in [5, 5.41) is 0. The maximum atomic E-state index is 13.9. The average Bonchev–Trinajstić information content (AvgIpc) is 2.80. The Morgan fingerprint density at radius 1 is 1.26 bits per heavy atom. The van der Waals surface area contributed by atoms with Crippen molar-refractivity contribution in [2.75, 3.05) is 12.8 Å². The lowest BCUT2D eigenvalue weighted by atomic mass is 10.2. The maximum absolute atomic E-state index is 13.9. The molecule has 0 saturated carbocycles. The summed E-state index contributed by atoms with van der Waals surface area (Å²) < 4.78 is 24.6. The van der Waals surface area contributed by atoms with E-state index in [9.17, 15) is 4.39 Å². The molecule has 2 N–H and O–H groups in total. The summed E-state index contributed by atoms with van der Waals surface area (Å²) in [6.45, 7) is 0. The van der Waals surface area contributed by atoms with Gasteiger partial charge in [0.1, 0.15) is 22.6 Å². The molecule has 1 aromatic heterocycles. The predicted molar refractivity (Wildman–Crippen MR) is 70.4 cm³/mol. The molecule has 1 heterocycles. The molecule has 0 radical (unpaired) electrons. The SMILES string of the molecule is COc1cccc(F)c1-c1nc2cc(N)ccc2o1. The van der Waals surface area contributed by atoms with E-state index in [1.54, 1.807) is 30.3 Å². The molecule has 0 bridgehead atoms. The second-order valence-corrected chi connectivity index (χ2v) is 4.06. The third-order valence-electron chi connectivity index (χ3n) is 2.82. The van der Waals surface area contributed by atoms with Crippen molar-refractivity contribution in [3.63, 3.8) is 0 Å². The van der Waals surface area contributed by atoms with Crippen LogP contribution in [0.2, 0.25) is 0 Å². The van der Waals surface area contributed by atoms with E-state index in [0.717, 1.165) is 0 Å². The number of oxazole rings is 1. The summed E-state index contributed by atoms with van der Waals surface area (Å²) >= 11 is 0. The van der Waals surface area contributed by atoms with Crippen molar-refractivity contribution < 1.29 is 13.5 Å². The van der Waals surface area contributed by atoms with Gasteiger partial charge in [-0.25, -0.2) is 9.37 Å². The van der Waals surface area contributed by atoms with Gasteiger partial charge in [0.15, 0.2) is 5.58 Å². The third kappa shape index (κ3) is 1.89. The largest absolute Gasteiger partial charge is 0.496 e. The van der Waals surface area contributed by atoms with Gasteiger partial charge in [0.2, 0.25) is 5.89 Å². The number of methoxy groups -OCH3 is 1. The van der Waals surface area contributed by atoms with Crippen molar-refractivity contribution in [1.29, 1.82) is 0 Å². The number of aromatic nitrogens is 1. The smallest absolute Gasteiger partial charge is 0.234 e. The predicted octanol–water partition coefficient (Wildman–Crippen LogP) is 3.22. The molecule has 0 unspecified atom stereocenters. The molecule has 5 heteroatoms. The average molecular weight is 258 g/mol. The minimum absolute atomic E-state index is 0.176. The minimum atomic E-state index is -0.445. The molecule has 19 heavy (non-hydrogen) atoms. The van der Waals surface area contributed by atoms with E-state index < -0.39 is 5.82 Å². The van der Waals surface area contributed by atoms with Crippen LogP contribution in [0, 0.1) is 5.82 Å². The zero-order valence-electron chi connectivity index (χ0n) is 10.2. The number of benzene rings is 2. The van der Waals surface area contributed by atoms with Crippen LogP contribution in [-0.2, 0) is 0 Å². The first-order chi connectivity index (χ1) is 9.19. The molecule has 3 aromatic rings. The summed E-state index contributed by atoms with van der Waals surface area (Å²) in [6.07, 6.45) is 0. The zero-order chi connectivity index (χ0) is 13.4. The van der Waals surface area contributed by atoms with Gasteiger partial charge in [-0.1, -0.05) is 6.07 Å². The van der Waals surface area contributed by atoms with E-state index in [1.165, 1.54) is 13.2 Å². The van der Waals surface area contributed by atoms with Crippen molar-refractivity contribution in [2.45, 2.75) is 0 Å². The monoisotopic (exact) mass is 258 g/mol. The summed E-state index contributed by atoms with van der Waals surface area (Å²) in [4.78, 5) is 4.25. The standard InChI is InChI=1S/C14H11FN2O2/c1-18-12-4-2-3-9(15)13(12)14-17-10-7-8(16)5-6-11(10)19-14/h2-7H,16H2,1H3. The molecule has 0 aliphatic heterocycles. The van der Waals surface area contributed by atoms with Crippen LogP contribution in [0.15, 0.2) is 40.8 Å². The molecule has 4 nitrogen and oxygen atoms in total. The van der Waals surface area contributed by atoms with Crippen LogP contribution in [0.4, 0.5) is 10.1 Å². The number of anilines is 1. The van der Waals surface area contributed by atoms with E-state index in [4.69, 9.17) is 14.9 Å². The van der Waals surface area contributed by atoms with Crippen molar-refractivity contribution in [2.24, 2.45) is 0 Å². The van der Waals surface area contributed by atoms with E-state index in [0.29, 0.717) is 22.5 Å². The molecule has 0 amide bonds. The Balaban J connectivity index is 2.24. The number of nitrogens with two attached hydrogens (primary N) is 1. The van der Waals surface area contributed by atoms with Gasteiger partial charge >= 0.3 is 0 Å². The van der Waals surface area contributed by atoms with Gasteiger partial charge in [0, 0.05) is 5.69 Å². The molecule has 0 spiro atoms. The van der Waals surface area contributed by atoms with Crippen LogP contribution in [-0.4, -0.2) is 12.1 Å². The molecular weight excluding hydrogens is 247 g/mol. The lowest BCUT2D eigenvalue weighted by Gasteiger charge is -2.05. The van der Waals surface area contributed by atoms with Gasteiger partial charge in [-0.05, 0) is 30.3 Å². The Kier molecular flexibility index (Phi) is 2.59. The number of nitrogen functional groups attached to an aromatic ring is 1. The summed E-state index contributed by atoms with van der Waals surface area (Å²) in [6, 6.07) is 9.64. The normalized spacial score (nSPS) is 10.8. The van der Waals surface area contributed by atoms with Gasteiger partial charge in [0.25, 0.3) is 0 Å². The van der Waals surface area contributed by atoms with E-state index >= 15 is 0 Å². The molecule has 0 saturated heterocycles. The quantitative estimate of drug-likeness (QED) is 0.717. The van der Waals surface area contributed by atoms with Gasteiger partial charge < -0.3 is 14.9 Å². The molecule has 3 rings (SSSR count). The first-order valence-electron chi connectivity index (χ1n) is 5.68. The lowest BCUT2D eigenvalue weighted by Crippen LogP contribution is -1.91. The van der Waals surface area contributed by atoms with Crippen molar-refractivity contribution in [3.8, 4) is 17.2 Å². The first kappa shape index (κ1) is 11.5. The molecule has 0 aliphatic carbocycles. The minimum Gasteiger partial charge on any atom is -0.496 e. The van der Waals surface area contributed by atoms with Gasteiger partial charge in [-0.2, -0.15) is 0 Å². The molecule has 0 aliphatic rings. The fourth-order valence-corrected chi connectivity index (χ4v) is 1.93. The van der Waals surface area contributed by atoms with Crippen LogP contribution in [0.25, 0.3) is 22.6 Å². The summed E-state index contributed by atoms with van der Waals surface area (Å²) in [5.41, 5.74) is 7.60. The van der Waals surface area contributed by atoms with Gasteiger partial charge in [-0.3, -0.25) is 0 Å². The second kappa shape index (κ2) is 4.28. The van der Waals surface area contributed by atoms with Crippen LogP contribution in [0.3, 0.4) is 0 Å². The number of hydrogen-bond donors (Lipinski definition) is 1. The Labute approximate surface area is 108 Å². The molecule has 0 fully saturated rings. The topological polar surface area (TPSA) is 61.3 Å². The van der Waals surface area contributed by atoms with E-state index in [1.807, 2.05) is 0 Å². The lowest BCUT2D eigenvalue weighted by molar-refractivity contribution is 0.411. The Hall–Kier alpha value is -2.56. The summed E-state index contributed by atoms with van der Waals surface area (Å²) in [7, 11) is 1.47. The van der Waals surface area contributed by atoms with Crippen molar-refractivity contribution >= 4 is 16.8 Å². The second-order valence-electron chi connectivity index (χ2n) is 4.06. The summed E-state index contributed by atoms with van der Waals surface area (Å²) in [5.74, 6) is 0.106. The van der Waals surface area contributed by atoms with E-state index in [2.05, 4.69) is 4.98 Å². The fourth-order valence-electron chi connectivity index (χ4n) is 1.93. The van der Waals surface area contributed by atoms with Crippen LogP contribution in [0.5, 0.6) is 5.75 Å². The number of nitrogens with zero attached hydrogens (tertiary/aromatic N) is 1. The third-order valence-corrected chi connectivity index (χ3v) is 2.82. The molecule has 2 aromatic carbocycles. The highest BCUT2D eigenvalue weighted by molar-refractivity contribution is 5.80. The Morgan fingerprint density at radius 3 is 2.89 bits per heavy atom. The zero-order valence-corrected chi connectivity index (χ0v) is 10.2. The highest BCUT2D eigenvalue weighted by atomic mass is 19.1. The van der Waals surface area contributed by atoms with Crippen molar-refractivity contribution in [1.82, 2.24) is 4.98 Å². The Morgan fingerprint density at radius 2 is 2.11 bits per heavy atom. The number of rotatable bonds is 2. The van der Waals surface area contributed by atoms with Crippen LogP contribution >= 0.6 is 0 Å². The highest BCUT2D eigenvalue weighted by Gasteiger charge is 2.17. The van der Waals surface area contributed by atoms with Crippen molar-refractivity contribution in [3.05, 3.63) is 42.2 Å². The molecular formula is C14H11FN2O2. The number of hydrogen-bond acceptors (Lipinski definition) is 4. The first-order valence-corrected chi connectivity index (χ1v) is 5.68. The molecule has 0 atom stereocenters. The Bertz CT molecular complexity index is 752. The highest BCUT2D eigenvalue weighted by Crippen LogP contribution is 2.34. The number of ether oxygens (including phenoxy) is 1. The fraction of sp³-hybridized carbons (Fsp3) is 0.0714. The van der Waals surface area contributed by atoms with Gasteiger partial charge in [-0.15, -0.1) is 0 Å². The molecule has 96 valence electrons. The maximum Gasteiger partial charge on any atom is 0.234 e. The number of fused-ring (bicyclic) bond motifs is 1. The van der Waals surface area contributed by atoms with Crippen LogP contribution in [0.1, 0.15) is 0 Å². The van der Waals surface area contributed by atoms with E-state index in [-0.39, 0.29) is 11.5 Å². The number of halogens is 1.